The summed E-state index contributed by atoms with van der Waals surface area (Å²) in [5.41, 5.74) is 2.07. The third-order valence-corrected chi connectivity index (χ3v) is 7.85. The second kappa shape index (κ2) is 11.3. The number of carbonyl (C=O) groups excluding carboxylic acids is 3. The van der Waals surface area contributed by atoms with Crippen molar-refractivity contribution in [3.63, 3.8) is 0 Å². The van der Waals surface area contributed by atoms with Crippen molar-refractivity contribution in [3.05, 3.63) is 51.6 Å². The van der Waals surface area contributed by atoms with Crippen molar-refractivity contribution in [3.8, 4) is 17.2 Å². The normalized spacial score (nSPS) is 28.7. The average Bonchev–Trinajstić information content (AvgIpc) is 2.94. The van der Waals surface area contributed by atoms with Crippen LogP contribution in [0, 0.1) is 0 Å². The summed E-state index contributed by atoms with van der Waals surface area (Å²) >= 11 is 0. The molecule has 0 saturated carbocycles. The number of phenols is 2. The highest BCUT2D eigenvalue weighted by Crippen LogP contribution is 2.52. The monoisotopic (exact) mass is 595 g/mol. The average molecular weight is 596 g/mol. The molecule has 8 N–H and O–H groups in total. The Kier molecular flexibility index (Phi) is 8.47. The number of benzene rings is 2. The number of aliphatic hydroxyl groups is 4. The van der Waals surface area contributed by atoms with Crippen LogP contribution in [0.5, 0.6) is 17.2 Å². The van der Waals surface area contributed by atoms with Gasteiger partial charge < -0.3 is 50.6 Å². The second-order valence-corrected chi connectivity index (χ2v) is 10.2. The standard InChI is InChI=1S/C27H29NO12.ClH/c1-38-13-4-2-3-10-18(13)25(35)21-20(22(10)32)23(33)11-6-27(37,16(31)9-30)7-14(19(11)26(21)36)39-17-5-12(28)24(34)15(8-29)40-17;/h2-4,12,14-15,17,24,29-30,33-34,36-37H,5-9,28H2,1H3;1H/t12-,14+,15+,17-,24-,27+;/m1./s1. The van der Waals surface area contributed by atoms with Gasteiger partial charge in [-0.2, -0.15) is 0 Å². The van der Waals surface area contributed by atoms with Gasteiger partial charge in [0.15, 0.2) is 17.9 Å². The molecule has 1 heterocycles. The Hall–Kier alpha value is -3.14. The number of fused-ring (bicyclic) bond motifs is 3. The van der Waals surface area contributed by atoms with Gasteiger partial charge in [0, 0.05) is 42.0 Å². The number of halogens is 1. The highest BCUT2D eigenvalue weighted by Gasteiger charge is 2.50. The first-order valence-corrected chi connectivity index (χ1v) is 12.6. The Morgan fingerprint density at radius 3 is 2.44 bits per heavy atom. The fourth-order valence-corrected chi connectivity index (χ4v) is 5.78. The minimum atomic E-state index is -2.29. The van der Waals surface area contributed by atoms with Crippen molar-refractivity contribution in [1.29, 1.82) is 0 Å². The molecule has 0 amide bonds. The highest BCUT2D eigenvalue weighted by atomic mass is 35.5. The Morgan fingerprint density at radius 1 is 1.12 bits per heavy atom. The zero-order valence-corrected chi connectivity index (χ0v) is 22.6. The topological polar surface area (TPSA) is 226 Å². The van der Waals surface area contributed by atoms with E-state index in [1.165, 1.54) is 25.3 Å². The Balaban J connectivity index is 0.00000387. The van der Waals surface area contributed by atoms with Gasteiger partial charge in [-0.15, -0.1) is 12.4 Å². The molecule has 0 unspecified atom stereocenters. The summed E-state index contributed by atoms with van der Waals surface area (Å²) in [6, 6.07) is 3.43. The number of phenolic OH excluding ortho intramolecular Hbond substituents is 2. The van der Waals surface area contributed by atoms with Crippen LogP contribution in [0.3, 0.4) is 0 Å². The summed E-state index contributed by atoms with van der Waals surface area (Å²) in [4.78, 5) is 39.8. The number of nitrogens with two attached hydrogens (primary N) is 1. The maximum atomic E-state index is 13.7. The summed E-state index contributed by atoms with van der Waals surface area (Å²) in [5.74, 6) is -3.97. The number of aliphatic hydroxyl groups excluding tert-OH is 3. The Labute approximate surface area is 239 Å². The van der Waals surface area contributed by atoms with Crippen LogP contribution >= 0.6 is 12.4 Å². The number of hydrogen-bond acceptors (Lipinski definition) is 13. The molecule has 6 atom stereocenters. The summed E-state index contributed by atoms with van der Waals surface area (Å²) < 4.78 is 16.8. The molecule has 41 heavy (non-hydrogen) atoms. The van der Waals surface area contributed by atoms with Crippen molar-refractivity contribution in [2.75, 3.05) is 20.3 Å². The predicted octanol–water partition coefficient (Wildman–Crippen LogP) is -0.605. The molecule has 1 aliphatic heterocycles. The van der Waals surface area contributed by atoms with Gasteiger partial charge in [0.05, 0.1) is 42.6 Å². The number of rotatable bonds is 6. The maximum absolute atomic E-state index is 13.7. The fourth-order valence-electron chi connectivity index (χ4n) is 5.78. The van der Waals surface area contributed by atoms with Crippen LogP contribution in [-0.4, -0.2) is 98.5 Å². The quantitative estimate of drug-likeness (QED) is 0.177. The molecule has 2 aromatic rings. The minimum Gasteiger partial charge on any atom is -0.507 e. The SMILES string of the molecule is COc1cccc2c1C(=O)c1c(O)c3c(c(O)c1C2=O)C[C@@](O)(C(=O)CO)C[C@@H]3O[C@H]1C[C@@H](N)[C@@H](O)[C@H](CO)O1.Cl. The van der Waals surface area contributed by atoms with Crippen LogP contribution in [0.15, 0.2) is 18.2 Å². The lowest BCUT2D eigenvalue weighted by Crippen LogP contribution is -2.55. The van der Waals surface area contributed by atoms with Gasteiger partial charge in [0.2, 0.25) is 5.78 Å². The van der Waals surface area contributed by atoms with Gasteiger partial charge in [-0.1, -0.05) is 12.1 Å². The molecule has 1 fully saturated rings. The van der Waals surface area contributed by atoms with Gasteiger partial charge in [-0.05, 0) is 6.07 Å². The molecule has 2 aromatic carbocycles. The zero-order valence-electron chi connectivity index (χ0n) is 21.8. The molecule has 5 rings (SSSR count). The lowest BCUT2D eigenvalue weighted by atomic mass is 9.72. The van der Waals surface area contributed by atoms with Crippen molar-refractivity contribution in [2.24, 2.45) is 5.73 Å². The first-order valence-electron chi connectivity index (χ1n) is 12.6. The molecule has 3 aliphatic rings. The fraction of sp³-hybridized carbons (Fsp3) is 0.444. The van der Waals surface area contributed by atoms with Gasteiger partial charge in [-0.3, -0.25) is 14.4 Å². The molecular weight excluding hydrogens is 566 g/mol. The Morgan fingerprint density at radius 2 is 1.80 bits per heavy atom. The van der Waals surface area contributed by atoms with Crippen molar-refractivity contribution >= 4 is 29.8 Å². The minimum absolute atomic E-state index is 0. The Bertz CT molecular complexity index is 1410. The molecule has 2 aliphatic carbocycles. The molecule has 14 heteroatoms. The molecule has 0 spiro atoms. The van der Waals surface area contributed by atoms with Crippen LogP contribution in [0.25, 0.3) is 0 Å². The number of Topliss-reactive ketones (excluding diaryl/α,β-unsaturated/α-hetero) is 1. The van der Waals surface area contributed by atoms with E-state index in [1.807, 2.05) is 0 Å². The van der Waals surface area contributed by atoms with Crippen LogP contribution in [0.2, 0.25) is 0 Å². The van der Waals surface area contributed by atoms with Crippen LogP contribution in [0.1, 0.15) is 61.9 Å². The number of ketones is 3. The molecule has 0 aromatic heterocycles. The number of hydrogen-bond donors (Lipinski definition) is 7. The predicted molar refractivity (Wildman–Crippen MR) is 140 cm³/mol. The van der Waals surface area contributed by atoms with Gasteiger partial charge in [0.25, 0.3) is 0 Å². The van der Waals surface area contributed by atoms with E-state index in [4.69, 9.17) is 19.9 Å². The van der Waals surface area contributed by atoms with E-state index in [0.29, 0.717) is 0 Å². The third kappa shape index (κ3) is 4.77. The smallest absolute Gasteiger partial charge is 0.202 e. The molecule has 13 nitrogen and oxygen atoms in total. The van der Waals surface area contributed by atoms with Crippen LogP contribution in [-0.2, 0) is 20.7 Å². The summed E-state index contributed by atoms with van der Waals surface area (Å²) in [7, 11) is 1.31. The molecule has 1 saturated heterocycles. The van der Waals surface area contributed by atoms with E-state index < -0.39 is 102 Å². The van der Waals surface area contributed by atoms with Gasteiger partial charge in [0.1, 0.15) is 35.6 Å². The van der Waals surface area contributed by atoms with E-state index >= 15 is 0 Å². The van der Waals surface area contributed by atoms with Crippen molar-refractivity contribution in [1.82, 2.24) is 0 Å². The highest BCUT2D eigenvalue weighted by molar-refractivity contribution is 6.31. The first kappa shape index (κ1) is 30.8. The number of aromatic hydroxyl groups is 2. The summed E-state index contributed by atoms with van der Waals surface area (Å²) in [6.45, 7) is -1.65. The van der Waals surface area contributed by atoms with Crippen molar-refractivity contribution in [2.45, 2.75) is 55.5 Å². The zero-order chi connectivity index (χ0) is 29.1. The lowest BCUT2D eigenvalue weighted by Gasteiger charge is -2.42. The summed E-state index contributed by atoms with van der Waals surface area (Å²) in [6.07, 6.45) is -6.19. The van der Waals surface area contributed by atoms with E-state index in [-0.39, 0.29) is 46.8 Å². The molecule has 0 bridgehead atoms. The van der Waals surface area contributed by atoms with Crippen LogP contribution in [0.4, 0.5) is 0 Å². The molecule has 0 radical (unpaired) electrons. The number of ether oxygens (including phenoxy) is 3. The maximum Gasteiger partial charge on any atom is 0.202 e. The van der Waals surface area contributed by atoms with Gasteiger partial charge in [-0.25, -0.2) is 0 Å². The van der Waals surface area contributed by atoms with E-state index in [0.717, 1.165) is 0 Å². The van der Waals surface area contributed by atoms with E-state index in [1.54, 1.807) is 0 Å². The summed E-state index contributed by atoms with van der Waals surface area (Å²) in [5, 5.41) is 63.3. The number of methoxy groups -OCH3 is 1. The first-order chi connectivity index (χ1) is 19.0. The number of carbonyl (C=O) groups is 3. The lowest BCUT2D eigenvalue weighted by molar-refractivity contribution is -0.256. The van der Waals surface area contributed by atoms with E-state index in [2.05, 4.69) is 0 Å². The van der Waals surface area contributed by atoms with Crippen LogP contribution < -0.4 is 10.5 Å². The van der Waals surface area contributed by atoms with Crippen molar-refractivity contribution < 1.29 is 59.2 Å². The molecule has 222 valence electrons. The molecular formula is C27H30ClNO12. The second-order valence-electron chi connectivity index (χ2n) is 10.2. The van der Waals surface area contributed by atoms with E-state index in [9.17, 15) is 45.0 Å². The third-order valence-electron chi connectivity index (χ3n) is 7.85. The largest absolute Gasteiger partial charge is 0.507 e. The van der Waals surface area contributed by atoms with Gasteiger partial charge >= 0.3 is 0 Å².